The number of morpholine rings is 1. The fraction of sp³-hybridized carbons (Fsp3) is 0.611. The highest BCUT2D eigenvalue weighted by molar-refractivity contribution is 7.86. The van der Waals surface area contributed by atoms with Crippen molar-refractivity contribution in [3.8, 4) is 0 Å². The summed E-state index contributed by atoms with van der Waals surface area (Å²) in [6.45, 7) is 3.77. The van der Waals surface area contributed by atoms with Crippen LogP contribution in [0.3, 0.4) is 0 Å². The number of nitrogens with zero attached hydrogens (tertiary/aromatic N) is 3. The molecule has 0 aliphatic carbocycles. The van der Waals surface area contributed by atoms with E-state index in [0.717, 1.165) is 5.56 Å². The van der Waals surface area contributed by atoms with Crippen LogP contribution in [0.1, 0.15) is 18.0 Å². The number of carbonyl (C=O) groups is 1. The smallest absolute Gasteiger partial charge is 0.282 e. The van der Waals surface area contributed by atoms with Gasteiger partial charge in [0.05, 0.1) is 19.3 Å². The van der Waals surface area contributed by atoms with E-state index in [1.165, 1.54) is 4.31 Å². The van der Waals surface area contributed by atoms with Gasteiger partial charge in [0.2, 0.25) is 5.91 Å². The van der Waals surface area contributed by atoms with Crippen LogP contribution < -0.4 is 10.9 Å². The van der Waals surface area contributed by atoms with Crippen LogP contribution in [0.25, 0.3) is 0 Å². The van der Waals surface area contributed by atoms with Crippen molar-refractivity contribution in [2.75, 3.05) is 52.5 Å². The summed E-state index contributed by atoms with van der Waals surface area (Å²) in [6.07, 6.45) is 0.392. The van der Waals surface area contributed by atoms with Crippen molar-refractivity contribution >= 4 is 16.1 Å². The van der Waals surface area contributed by atoms with Crippen LogP contribution in [0.2, 0.25) is 0 Å². The molecule has 3 saturated heterocycles. The van der Waals surface area contributed by atoms with Gasteiger partial charge in [-0.15, -0.1) is 0 Å². The number of ether oxygens (including phenoxy) is 1. The number of benzene rings is 1. The van der Waals surface area contributed by atoms with Crippen LogP contribution in [0.15, 0.2) is 30.3 Å². The molecule has 2 N–H and O–H groups in total. The topological polar surface area (TPSA) is 94.2 Å². The third kappa shape index (κ3) is 4.07. The van der Waals surface area contributed by atoms with Gasteiger partial charge in [-0.25, -0.2) is 5.43 Å². The van der Waals surface area contributed by atoms with Gasteiger partial charge in [-0.05, 0) is 5.56 Å². The molecule has 4 rings (SSSR count). The number of hydrogen-bond donors (Lipinski definition) is 2. The summed E-state index contributed by atoms with van der Waals surface area (Å²) < 4.78 is 34.1. The van der Waals surface area contributed by atoms with Crippen molar-refractivity contribution in [3.05, 3.63) is 35.9 Å². The van der Waals surface area contributed by atoms with E-state index in [-0.39, 0.29) is 18.0 Å². The first-order valence-corrected chi connectivity index (χ1v) is 11.1. The highest BCUT2D eigenvalue weighted by Crippen LogP contribution is 2.27. The fourth-order valence-corrected chi connectivity index (χ4v) is 5.69. The lowest BCUT2D eigenvalue weighted by molar-refractivity contribution is -0.127. The molecule has 3 aliphatic heterocycles. The molecule has 1 amide bonds. The zero-order chi connectivity index (χ0) is 19.6. The van der Waals surface area contributed by atoms with Crippen LogP contribution in [-0.4, -0.2) is 86.4 Å². The van der Waals surface area contributed by atoms with Gasteiger partial charge in [0.15, 0.2) is 0 Å². The molecule has 3 fully saturated rings. The van der Waals surface area contributed by atoms with Gasteiger partial charge >= 0.3 is 0 Å². The maximum Gasteiger partial charge on any atom is 0.282 e. The van der Waals surface area contributed by atoms with Crippen molar-refractivity contribution in [2.24, 2.45) is 0 Å². The predicted octanol–water partition coefficient (Wildman–Crippen LogP) is -0.685. The van der Waals surface area contributed by atoms with E-state index in [1.54, 1.807) is 4.31 Å². The van der Waals surface area contributed by atoms with Crippen molar-refractivity contribution < 1.29 is 17.9 Å². The van der Waals surface area contributed by atoms with E-state index < -0.39 is 10.2 Å². The average Bonchev–Trinajstić information content (AvgIpc) is 2.75. The Hall–Kier alpha value is -1.56. The Morgan fingerprint density at radius 2 is 1.57 bits per heavy atom. The normalized spacial score (nSPS) is 28.8. The molecule has 1 aromatic rings. The first-order chi connectivity index (χ1) is 13.6. The highest BCUT2D eigenvalue weighted by Gasteiger charge is 2.39. The summed E-state index contributed by atoms with van der Waals surface area (Å²) in [7, 11) is -3.45. The van der Waals surface area contributed by atoms with Crippen LogP contribution in [-0.2, 0) is 19.7 Å². The quantitative estimate of drug-likeness (QED) is 0.684. The Labute approximate surface area is 165 Å². The van der Waals surface area contributed by atoms with Gasteiger partial charge in [-0.3, -0.25) is 15.1 Å². The standard InChI is InChI=1S/C18H27N5O4S/c24-17-14-16(18(20-19-17)15-4-2-1-3-5-15)21-6-8-22(9-7-21)28(25,26)23-10-12-27-13-11-23/h1-5,16,18,20H,6-14H2,(H,19,24). The predicted molar refractivity (Wildman–Crippen MR) is 103 cm³/mol. The molecule has 0 radical (unpaired) electrons. The Kier molecular flexibility index (Phi) is 5.95. The zero-order valence-electron chi connectivity index (χ0n) is 15.8. The molecule has 1 aromatic carbocycles. The largest absolute Gasteiger partial charge is 0.379 e. The average molecular weight is 410 g/mol. The lowest BCUT2D eigenvalue weighted by Crippen LogP contribution is -2.61. The molecule has 0 spiro atoms. The van der Waals surface area contributed by atoms with Crippen LogP contribution in [0.5, 0.6) is 0 Å². The fourth-order valence-electron chi connectivity index (χ4n) is 4.13. The second-order valence-corrected chi connectivity index (χ2v) is 9.24. The number of piperazine rings is 1. The Morgan fingerprint density at radius 3 is 2.25 bits per heavy atom. The van der Waals surface area contributed by atoms with Crippen molar-refractivity contribution in [1.82, 2.24) is 24.4 Å². The van der Waals surface area contributed by atoms with Crippen LogP contribution in [0, 0.1) is 0 Å². The summed E-state index contributed by atoms with van der Waals surface area (Å²) in [5, 5.41) is 0. The number of rotatable bonds is 4. The molecule has 2 unspecified atom stereocenters. The van der Waals surface area contributed by atoms with Crippen LogP contribution in [0.4, 0.5) is 0 Å². The van der Waals surface area contributed by atoms with Gasteiger partial charge in [0.25, 0.3) is 10.2 Å². The van der Waals surface area contributed by atoms with Gasteiger partial charge in [-0.1, -0.05) is 30.3 Å². The first-order valence-electron chi connectivity index (χ1n) is 9.72. The van der Waals surface area contributed by atoms with Crippen molar-refractivity contribution in [3.63, 3.8) is 0 Å². The lowest BCUT2D eigenvalue weighted by Gasteiger charge is -2.44. The molecule has 9 nitrogen and oxygen atoms in total. The van der Waals surface area contributed by atoms with E-state index in [4.69, 9.17) is 4.74 Å². The summed E-state index contributed by atoms with van der Waals surface area (Å²) >= 11 is 0. The molecule has 0 saturated carbocycles. The lowest BCUT2D eigenvalue weighted by atomic mass is 9.94. The van der Waals surface area contributed by atoms with E-state index in [1.807, 2.05) is 30.3 Å². The third-order valence-corrected chi connectivity index (χ3v) is 7.71. The van der Waals surface area contributed by atoms with Crippen molar-refractivity contribution in [2.45, 2.75) is 18.5 Å². The van der Waals surface area contributed by atoms with Gasteiger partial charge in [0.1, 0.15) is 0 Å². The monoisotopic (exact) mass is 409 g/mol. The molecule has 0 aromatic heterocycles. The minimum atomic E-state index is -3.45. The highest BCUT2D eigenvalue weighted by atomic mass is 32.2. The maximum atomic E-state index is 12.9. The third-order valence-electron chi connectivity index (χ3n) is 5.67. The molecule has 3 heterocycles. The minimum Gasteiger partial charge on any atom is -0.379 e. The summed E-state index contributed by atoms with van der Waals surface area (Å²) in [4.78, 5) is 14.2. The molecule has 3 aliphatic rings. The van der Waals surface area contributed by atoms with E-state index in [2.05, 4.69) is 15.8 Å². The zero-order valence-corrected chi connectivity index (χ0v) is 16.6. The molecule has 154 valence electrons. The Balaban J connectivity index is 1.43. The van der Waals surface area contributed by atoms with Gasteiger partial charge in [-0.2, -0.15) is 17.0 Å². The van der Waals surface area contributed by atoms with Gasteiger partial charge < -0.3 is 4.74 Å². The van der Waals surface area contributed by atoms with E-state index in [9.17, 15) is 13.2 Å². The second-order valence-electron chi connectivity index (χ2n) is 7.31. The number of hydrazine groups is 1. The second kappa shape index (κ2) is 8.44. The molecule has 0 bridgehead atoms. The van der Waals surface area contributed by atoms with Gasteiger partial charge in [0, 0.05) is 51.7 Å². The number of hydrogen-bond acceptors (Lipinski definition) is 6. The number of amides is 1. The number of carbonyl (C=O) groups excluding carboxylic acids is 1. The van der Waals surface area contributed by atoms with E-state index >= 15 is 0 Å². The summed E-state index contributed by atoms with van der Waals surface area (Å²) in [5.41, 5.74) is 6.97. The first kappa shape index (κ1) is 19.7. The molecule has 10 heteroatoms. The van der Waals surface area contributed by atoms with E-state index in [0.29, 0.717) is 58.9 Å². The minimum absolute atomic E-state index is 0.00982. The van der Waals surface area contributed by atoms with Crippen molar-refractivity contribution in [1.29, 1.82) is 0 Å². The summed E-state index contributed by atoms with van der Waals surface area (Å²) in [5.74, 6) is -0.0412. The molecular weight excluding hydrogens is 382 g/mol. The maximum absolute atomic E-state index is 12.9. The van der Waals surface area contributed by atoms with Crippen LogP contribution >= 0.6 is 0 Å². The Morgan fingerprint density at radius 1 is 0.929 bits per heavy atom. The number of nitrogens with one attached hydrogen (secondary N) is 2. The Bertz CT molecular complexity index is 776. The summed E-state index contributed by atoms with van der Waals surface area (Å²) in [6, 6.07) is 9.98. The molecular formula is C18H27N5O4S. The molecule has 28 heavy (non-hydrogen) atoms. The SMILES string of the molecule is O=C1CC(N2CCN(S(=O)(=O)N3CCOCC3)CC2)C(c2ccccc2)NN1. The molecule has 2 atom stereocenters.